The highest BCUT2D eigenvalue weighted by molar-refractivity contribution is 5.99. The lowest BCUT2D eigenvalue weighted by Crippen LogP contribution is -1.95. The summed E-state index contributed by atoms with van der Waals surface area (Å²) in [6.07, 6.45) is 1.84. The quantitative estimate of drug-likeness (QED) is 0.239. The maximum Gasteiger partial charge on any atom is 0.0951 e. The number of pyridine rings is 1. The van der Waals surface area contributed by atoms with E-state index in [1.807, 2.05) is 40.0 Å². The number of aryl methyl sites for hydroxylation is 1. The van der Waals surface area contributed by atoms with E-state index < -0.39 is 0 Å². The highest BCUT2D eigenvalue weighted by atomic mass is 14.9. The molecule has 0 radical (unpaired) electrons. The van der Waals surface area contributed by atoms with Crippen molar-refractivity contribution in [1.82, 2.24) is 14.4 Å². The van der Waals surface area contributed by atoms with Crippen molar-refractivity contribution in [2.45, 2.75) is 34.6 Å². The molecule has 4 aromatic carbocycles. The van der Waals surface area contributed by atoms with Crippen LogP contribution in [0.2, 0.25) is 0 Å². The molecular formula is C35H33N3. The van der Waals surface area contributed by atoms with E-state index in [1.54, 1.807) is 0 Å². The van der Waals surface area contributed by atoms with Crippen molar-refractivity contribution in [2.75, 3.05) is 0 Å². The Morgan fingerprint density at radius 1 is 0.526 bits per heavy atom. The zero-order valence-electron chi connectivity index (χ0n) is 22.7. The van der Waals surface area contributed by atoms with Crippen molar-refractivity contribution in [3.8, 4) is 22.4 Å². The Morgan fingerprint density at radius 2 is 1.32 bits per heavy atom. The van der Waals surface area contributed by atoms with Crippen molar-refractivity contribution in [1.29, 1.82) is 0 Å². The smallest absolute Gasteiger partial charge is 0.0951 e. The first-order valence-electron chi connectivity index (χ1n) is 13.5. The van der Waals surface area contributed by atoms with Crippen molar-refractivity contribution >= 4 is 38.4 Å². The highest BCUT2D eigenvalue weighted by Gasteiger charge is 2.14. The summed E-state index contributed by atoms with van der Waals surface area (Å²) in [4.78, 5) is 9.60. The second-order valence-electron chi connectivity index (χ2n) is 8.87. The maximum atomic E-state index is 5.15. The Bertz CT molecular complexity index is 1880. The number of benzene rings is 4. The van der Waals surface area contributed by atoms with Gasteiger partial charge in [-0.05, 0) is 72.6 Å². The number of nitrogens with zero attached hydrogens (tertiary/aromatic N) is 3. The summed E-state index contributed by atoms with van der Waals surface area (Å²) in [6.45, 7) is 10.1. The average Bonchev–Trinajstić information content (AvgIpc) is 3.37. The van der Waals surface area contributed by atoms with E-state index in [0.29, 0.717) is 0 Å². The molecule has 3 aromatic heterocycles. The number of rotatable bonds is 2. The van der Waals surface area contributed by atoms with Gasteiger partial charge in [-0.1, -0.05) is 81.8 Å². The molecule has 0 fully saturated rings. The second kappa shape index (κ2) is 10.9. The van der Waals surface area contributed by atoms with Gasteiger partial charge in [0.2, 0.25) is 0 Å². The van der Waals surface area contributed by atoms with Crippen LogP contribution in [-0.2, 0) is 0 Å². The van der Waals surface area contributed by atoms with Crippen LogP contribution in [0, 0.1) is 6.92 Å². The third-order valence-corrected chi connectivity index (χ3v) is 6.63. The molecule has 3 heterocycles. The summed E-state index contributed by atoms with van der Waals surface area (Å²) in [5, 5.41) is 2.38. The average molecular weight is 496 g/mol. The molecule has 0 atom stereocenters. The van der Waals surface area contributed by atoms with Gasteiger partial charge in [-0.2, -0.15) is 0 Å². The van der Waals surface area contributed by atoms with Gasteiger partial charge in [0.25, 0.3) is 0 Å². The predicted octanol–water partition coefficient (Wildman–Crippen LogP) is 9.88. The number of hydrogen-bond acceptors (Lipinski definition) is 2. The topological polar surface area (TPSA) is 30.2 Å². The largest absolute Gasteiger partial charge is 0.306 e. The maximum absolute atomic E-state index is 5.15. The standard InChI is InChI=1S/C31H21N3.2C2H6/c1-20-11-14-28-25(16-20)19-30-31(33-27-9-2-3-10-29(27)34(28)30)24-7-4-6-21(18-24)22-12-13-26-23(17-22)8-5-15-32-26;2*1-2/h2-19H,1H3;2*1-2H3. The Hall–Kier alpha value is -4.50. The summed E-state index contributed by atoms with van der Waals surface area (Å²) in [5.41, 5.74) is 11.2. The van der Waals surface area contributed by atoms with E-state index in [0.717, 1.165) is 38.7 Å². The van der Waals surface area contributed by atoms with E-state index >= 15 is 0 Å². The van der Waals surface area contributed by atoms with Gasteiger partial charge >= 0.3 is 0 Å². The van der Waals surface area contributed by atoms with E-state index in [9.17, 15) is 0 Å². The monoisotopic (exact) mass is 495 g/mol. The first kappa shape index (κ1) is 25.2. The predicted molar refractivity (Wildman–Crippen MR) is 164 cm³/mol. The molecule has 0 spiro atoms. The molecule has 3 heteroatoms. The fourth-order valence-electron chi connectivity index (χ4n) is 5.01. The molecule has 38 heavy (non-hydrogen) atoms. The second-order valence-corrected chi connectivity index (χ2v) is 8.87. The Labute approximate surface area is 224 Å². The molecule has 7 aromatic rings. The molecule has 0 aliphatic carbocycles. The molecule has 0 saturated carbocycles. The molecule has 0 aliphatic rings. The molecule has 7 rings (SSSR count). The van der Waals surface area contributed by atoms with Crippen LogP contribution in [0.1, 0.15) is 33.3 Å². The van der Waals surface area contributed by atoms with Gasteiger partial charge in [-0.15, -0.1) is 0 Å². The fraction of sp³-hybridized carbons (Fsp3) is 0.143. The van der Waals surface area contributed by atoms with Crippen LogP contribution in [0.25, 0.3) is 60.7 Å². The van der Waals surface area contributed by atoms with E-state index in [4.69, 9.17) is 4.98 Å². The lowest BCUT2D eigenvalue weighted by Gasteiger charge is -2.11. The molecular weight excluding hydrogens is 462 g/mol. The van der Waals surface area contributed by atoms with Gasteiger partial charge in [0.05, 0.1) is 33.3 Å². The van der Waals surface area contributed by atoms with Gasteiger partial charge in [0, 0.05) is 22.5 Å². The van der Waals surface area contributed by atoms with Crippen molar-refractivity contribution < 1.29 is 0 Å². The molecule has 188 valence electrons. The van der Waals surface area contributed by atoms with Gasteiger partial charge in [-0.3, -0.25) is 4.98 Å². The molecule has 0 saturated heterocycles. The number of fused-ring (bicyclic) bond motifs is 6. The van der Waals surface area contributed by atoms with Crippen LogP contribution in [-0.4, -0.2) is 14.4 Å². The minimum absolute atomic E-state index is 0.991. The Kier molecular flexibility index (Phi) is 7.19. The SMILES string of the molecule is CC.CC.Cc1ccc2c(c1)cc1c(-c3cccc(-c4ccc5ncccc5c4)c3)nc3ccccc3n12. The van der Waals surface area contributed by atoms with Crippen LogP contribution in [0.4, 0.5) is 0 Å². The molecule has 0 N–H and O–H groups in total. The van der Waals surface area contributed by atoms with Crippen LogP contribution in [0.15, 0.2) is 109 Å². The zero-order chi connectivity index (χ0) is 26.6. The number of aromatic nitrogens is 3. The van der Waals surface area contributed by atoms with Gasteiger partial charge < -0.3 is 4.40 Å². The van der Waals surface area contributed by atoms with Gasteiger partial charge in [0.15, 0.2) is 0 Å². The summed E-state index contributed by atoms with van der Waals surface area (Å²) in [7, 11) is 0. The van der Waals surface area contributed by atoms with Crippen LogP contribution < -0.4 is 0 Å². The van der Waals surface area contributed by atoms with Gasteiger partial charge in [0.1, 0.15) is 0 Å². The van der Waals surface area contributed by atoms with E-state index in [2.05, 4.69) is 113 Å². The summed E-state index contributed by atoms with van der Waals surface area (Å²) < 4.78 is 2.35. The Balaban J connectivity index is 0.000000704. The lowest BCUT2D eigenvalue weighted by molar-refractivity contribution is 1.27. The zero-order valence-corrected chi connectivity index (χ0v) is 22.7. The normalized spacial score (nSPS) is 10.8. The third kappa shape index (κ3) is 4.41. The van der Waals surface area contributed by atoms with Gasteiger partial charge in [-0.25, -0.2) is 4.98 Å². The lowest BCUT2D eigenvalue weighted by atomic mass is 9.99. The molecule has 0 unspecified atom stereocenters. The summed E-state index contributed by atoms with van der Waals surface area (Å²) >= 11 is 0. The first-order chi connectivity index (χ1) is 18.7. The number of para-hydroxylation sites is 2. The third-order valence-electron chi connectivity index (χ3n) is 6.63. The molecule has 0 amide bonds. The van der Waals surface area contributed by atoms with Crippen LogP contribution in [0.5, 0.6) is 0 Å². The molecule has 0 bridgehead atoms. The minimum atomic E-state index is 0.991. The Morgan fingerprint density at radius 3 is 2.18 bits per heavy atom. The minimum Gasteiger partial charge on any atom is -0.306 e. The molecule has 3 nitrogen and oxygen atoms in total. The fourth-order valence-corrected chi connectivity index (χ4v) is 5.01. The summed E-state index contributed by atoms with van der Waals surface area (Å²) in [5.74, 6) is 0. The summed E-state index contributed by atoms with van der Waals surface area (Å²) in [6, 6.07) is 36.5. The number of hydrogen-bond donors (Lipinski definition) is 0. The first-order valence-corrected chi connectivity index (χ1v) is 13.5. The van der Waals surface area contributed by atoms with Crippen LogP contribution >= 0.6 is 0 Å². The van der Waals surface area contributed by atoms with E-state index in [-0.39, 0.29) is 0 Å². The highest BCUT2D eigenvalue weighted by Crippen LogP contribution is 2.34. The van der Waals surface area contributed by atoms with Crippen molar-refractivity contribution in [3.63, 3.8) is 0 Å². The van der Waals surface area contributed by atoms with Crippen LogP contribution in [0.3, 0.4) is 0 Å². The van der Waals surface area contributed by atoms with E-state index in [1.165, 1.54) is 27.6 Å². The van der Waals surface area contributed by atoms with Crippen molar-refractivity contribution in [2.24, 2.45) is 0 Å². The van der Waals surface area contributed by atoms with Crippen molar-refractivity contribution in [3.05, 3.63) is 115 Å². The molecule has 0 aliphatic heterocycles.